The van der Waals surface area contributed by atoms with Gasteiger partial charge in [0.1, 0.15) is 17.7 Å². The summed E-state index contributed by atoms with van der Waals surface area (Å²) in [7, 11) is 0. The van der Waals surface area contributed by atoms with Crippen LogP contribution >= 0.6 is 0 Å². The van der Waals surface area contributed by atoms with Crippen molar-refractivity contribution in [3.63, 3.8) is 0 Å². The van der Waals surface area contributed by atoms with E-state index in [9.17, 15) is 18.0 Å². The molecule has 2 N–H and O–H groups in total. The Morgan fingerprint density at radius 1 is 1.36 bits per heavy atom. The minimum atomic E-state index is -4.77. The standard InChI is InChI=1S/C14H11F3N4O4/c1-13(8-2-4-9(5-3-8)24-14(15,16)17)6-10(20-25-13)21-7-18-11(19-21)12(22)23/h2-7,20H,1H3,(H,22,23). The normalized spacial score (nSPS) is 20.1. The van der Waals surface area contributed by atoms with Crippen molar-refractivity contribution in [1.29, 1.82) is 0 Å². The smallest absolute Gasteiger partial charge is 0.475 e. The molecule has 0 bridgehead atoms. The van der Waals surface area contributed by atoms with Crippen LogP contribution in [0.15, 0.2) is 36.7 Å². The second kappa shape index (κ2) is 5.77. The van der Waals surface area contributed by atoms with E-state index in [4.69, 9.17) is 9.94 Å². The number of alkyl halides is 3. The highest BCUT2D eigenvalue weighted by molar-refractivity contribution is 5.82. The maximum Gasteiger partial charge on any atom is 0.573 e. The van der Waals surface area contributed by atoms with Crippen LogP contribution in [0.5, 0.6) is 5.75 Å². The van der Waals surface area contributed by atoms with Gasteiger partial charge in [0.05, 0.1) is 0 Å². The van der Waals surface area contributed by atoms with E-state index in [-0.39, 0.29) is 11.6 Å². The van der Waals surface area contributed by atoms with Crippen LogP contribution in [0.4, 0.5) is 13.2 Å². The number of aromatic carboxylic acids is 1. The lowest BCUT2D eigenvalue weighted by Gasteiger charge is -2.20. The Hall–Kier alpha value is -3.08. The molecule has 1 atom stereocenters. The maximum absolute atomic E-state index is 12.2. The minimum Gasteiger partial charge on any atom is -0.475 e. The molecule has 132 valence electrons. The number of carboxylic acid groups (broad SMARTS) is 1. The Kier molecular flexibility index (Phi) is 3.87. The number of aromatic nitrogens is 3. The quantitative estimate of drug-likeness (QED) is 0.866. The van der Waals surface area contributed by atoms with Crippen molar-refractivity contribution in [3.8, 4) is 5.75 Å². The summed E-state index contributed by atoms with van der Waals surface area (Å²) in [5.74, 6) is -1.69. The van der Waals surface area contributed by atoms with E-state index in [0.29, 0.717) is 11.4 Å². The molecule has 1 aromatic heterocycles. The molecule has 3 rings (SSSR count). The van der Waals surface area contributed by atoms with E-state index in [2.05, 4.69) is 20.3 Å². The second-order valence-electron chi connectivity index (χ2n) is 5.23. The Balaban J connectivity index is 1.82. The summed E-state index contributed by atoms with van der Waals surface area (Å²) in [6.07, 6.45) is -1.98. The van der Waals surface area contributed by atoms with Crippen molar-refractivity contribution in [1.82, 2.24) is 20.2 Å². The zero-order valence-corrected chi connectivity index (χ0v) is 12.6. The molecule has 0 spiro atoms. The summed E-state index contributed by atoms with van der Waals surface area (Å²) in [4.78, 5) is 19.9. The average molecular weight is 356 g/mol. The van der Waals surface area contributed by atoms with Crippen molar-refractivity contribution in [2.75, 3.05) is 0 Å². The Morgan fingerprint density at radius 2 is 2.04 bits per heavy atom. The third kappa shape index (κ3) is 3.55. The maximum atomic E-state index is 12.2. The first-order chi connectivity index (χ1) is 11.7. The van der Waals surface area contributed by atoms with Crippen LogP contribution in [-0.4, -0.2) is 32.2 Å². The molecule has 0 radical (unpaired) electrons. The number of carboxylic acids is 1. The van der Waals surface area contributed by atoms with Crippen LogP contribution < -0.4 is 10.2 Å². The minimum absolute atomic E-state index is 0.318. The van der Waals surface area contributed by atoms with Crippen molar-refractivity contribution < 1.29 is 32.6 Å². The lowest BCUT2D eigenvalue weighted by molar-refractivity contribution is -0.274. The number of nitrogens with one attached hydrogen (secondary N) is 1. The zero-order chi connectivity index (χ0) is 18.2. The number of nitrogens with zero attached hydrogens (tertiary/aromatic N) is 3. The van der Waals surface area contributed by atoms with Gasteiger partial charge in [-0.05, 0) is 30.7 Å². The summed E-state index contributed by atoms with van der Waals surface area (Å²) in [6, 6.07) is 5.18. The van der Waals surface area contributed by atoms with Gasteiger partial charge in [0, 0.05) is 0 Å². The van der Waals surface area contributed by atoms with E-state index in [1.807, 2.05) is 0 Å². The lowest BCUT2D eigenvalue weighted by Crippen LogP contribution is -2.23. The highest BCUT2D eigenvalue weighted by atomic mass is 19.4. The summed E-state index contributed by atoms with van der Waals surface area (Å²) in [6.45, 7) is 1.67. The van der Waals surface area contributed by atoms with Gasteiger partial charge in [0.15, 0.2) is 5.82 Å². The van der Waals surface area contributed by atoms with Gasteiger partial charge in [-0.3, -0.25) is 4.84 Å². The fourth-order valence-corrected chi connectivity index (χ4v) is 2.20. The van der Waals surface area contributed by atoms with Gasteiger partial charge in [-0.15, -0.1) is 18.3 Å². The molecule has 2 heterocycles. The fourth-order valence-electron chi connectivity index (χ4n) is 2.20. The van der Waals surface area contributed by atoms with E-state index >= 15 is 0 Å². The molecule has 0 amide bonds. The summed E-state index contributed by atoms with van der Waals surface area (Å²) in [5, 5.41) is 12.6. The first-order valence-corrected chi connectivity index (χ1v) is 6.85. The monoisotopic (exact) mass is 356 g/mol. The summed E-state index contributed by atoms with van der Waals surface area (Å²) < 4.78 is 41.6. The summed E-state index contributed by atoms with van der Waals surface area (Å²) >= 11 is 0. The Labute approximate surface area is 138 Å². The van der Waals surface area contributed by atoms with E-state index < -0.39 is 17.9 Å². The van der Waals surface area contributed by atoms with E-state index in [1.165, 1.54) is 35.3 Å². The molecular formula is C14H11F3N4O4. The van der Waals surface area contributed by atoms with Gasteiger partial charge in [-0.2, -0.15) is 0 Å². The molecule has 1 aliphatic rings. The predicted molar refractivity (Wildman–Crippen MR) is 76.0 cm³/mol. The van der Waals surface area contributed by atoms with Gasteiger partial charge < -0.3 is 9.84 Å². The largest absolute Gasteiger partial charge is 0.573 e. The highest BCUT2D eigenvalue weighted by Gasteiger charge is 2.34. The zero-order valence-electron chi connectivity index (χ0n) is 12.6. The lowest BCUT2D eigenvalue weighted by atomic mass is 9.96. The van der Waals surface area contributed by atoms with Crippen LogP contribution in [0.3, 0.4) is 0 Å². The van der Waals surface area contributed by atoms with Crippen molar-refractivity contribution in [2.24, 2.45) is 0 Å². The van der Waals surface area contributed by atoms with Gasteiger partial charge in [-0.1, -0.05) is 12.1 Å². The van der Waals surface area contributed by atoms with Gasteiger partial charge in [-0.25, -0.2) is 19.9 Å². The van der Waals surface area contributed by atoms with Crippen LogP contribution in [0, 0.1) is 0 Å². The number of carbonyl (C=O) groups is 1. The molecule has 1 aliphatic heterocycles. The van der Waals surface area contributed by atoms with Crippen LogP contribution in [0.25, 0.3) is 5.82 Å². The number of benzene rings is 1. The molecule has 1 aromatic carbocycles. The van der Waals surface area contributed by atoms with Crippen LogP contribution in [0.1, 0.15) is 23.1 Å². The topological polar surface area (TPSA) is 98.5 Å². The molecule has 25 heavy (non-hydrogen) atoms. The first kappa shape index (κ1) is 16.8. The van der Waals surface area contributed by atoms with E-state index in [0.717, 1.165) is 0 Å². The average Bonchev–Trinajstić information content (AvgIpc) is 3.14. The molecule has 0 saturated heterocycles. The second-order valence-corrected chi connectivity index (χ2v) is 5.23. The van der Waals surface area contributed by atoms with Crippen molar-refractivity contribution in [2.45, 2.75) is 18.9 Å². The molecule has 0 aliphatic carbocycles. The SMILES string of the molecule is CC1(c2ccc(OC(F)(F)F)cc2)C=C(n2cnc(C(=O)O)n2)NO1. The molecule has 0 fully saturated rings. The molecule has 1 unspecified atom stereocenters. The molecular weight excluding hydrogens is 345 g/mol. The van der Waals surface area contributed by atoms with Crippen LogP contribution in [0.2, 0.25) is 0 Å². The molecule has 11 heteroatoms. The number of halogens is 3. The van der Waals surface area contributed by atoms with Gasteiger partial charge in [0.25, 0.3) is 5.82 Å². The third-order valence-corrected chi connectivity index (χ3v) is 3.37. The number of ether oxygens (including phenoxy) is 1. The molecule has 8 nitrogen and oxygen atoms in total. The third-order valence-electron chi connectivity index (χ3n) is 3.37. The molecule has 2 aromatic rings. The van der Waals surface area contributed by atoms with Crippen molar-refractivity contribution >= 4 is 11.8 Å². The molecule has 0 saturated carbocycles. The van der Waals surface area contributed by atoms with Gasteiger partial charge >= 0.3 is 12.3 Å². The van der Waals surface area contributed by atoms with Crippen molar-refractivity contribution in [3.05, 3.63) is 48.1 Å². The van der Waals surface area contributed by atoms with Gasteiger partial charge in [0.2, 0.25) is 0 Å². The number of rotatable bonds is 4. The Bertz CT molecular complexity index is 831. The Morgan fingerprint density at radius 3 is 2.60 bits per heavy atom. The first-order valence-electron chi connectivity index (χ1n) is 6.85. The number of hydrogen-bond donors (Lipinski definition) is 2. The number of hydrogen-bond acceptors (Lipinski definition) is 6. The fraction of sp³-hybridized carbons (Fsp3) is 0.214. The van der Waals surface area contributed by atoms with Crippen LogP contribution in [-0.2, 0) is 10.4 Å². The highest BCUT2D eigenvalue weighted by Crippen LogP contribution is 2.34. The van der Waals surface area contributed by atoms with E-state index in [1.54, 1.807) is 13.0 Å². The predicted octanol–water partition coefficient (Wildman–Crippen LogP) is 2.12. The number of hydroxylamine groups is 1. The summed E-state index contributed by atoms with van der Waals surface area (Å²) in [5.41, 5.74) is 2.12.